The molecule has 2 heterocycles. The third-order valence-electron chi connectivity index (χ3n) is 1.88. The molecule has 0 aromatic heterocycles. The van der Waals surface area contributed by atoms with Crippen molar-refractivity contribution in [3.05, 3.63) is 18.3 Å². The van der Waals surface area contributed by atoms with Crippen LogP contribution in [0.4, 0.5) is 0 Å². The molecular formula is C9H7O4S4-. The standard InChI is InChI=1S/C9H8O4S4/c1-13-6(12)4(5(10)11)7-16-8-9(17-7)15-3-2-14-8/h2-3H2,1H3,(H,10,11)/p-1. The molecule has 0 amide bonds. The second-order valence-electron chi connectivity index (χ2n) is 2.92. The van der Waals surface area contributed by atoms with Gasteiger partial charge in [0.05, 0.1) is 25.8 Å². The minimum atomic E-state index is -1.48. The maximum atomic E-state index is 11.4. The van der Waals surface area contributed by atoms with Gasteiger partial charge in [-0.25, -0.2) is 4.79 Å². The van der Waals surface area contributed by atoms with Crippen molar-refractivity contribution in [2.45, 2.75) is 0 Å². The summed E-state index contributed by atoms with van der Waals surface area (Å²) in [6.07, 6.45) is 0. The van der Waals surface area contributed by atoms with Gasteiger partial charge < -0.3 is 14.6 Å². The Morgan fingerprint density at radius 3 is 2.12 bits per heavy atom. The van der Waals surface area contributed by atoms with Crippen molar-refractivity contribution < 1.29 is 19.4 Å². The van der Waals surface area contributed by atoms with E-state index in [0.29, 0.717) is 4.24 Å². The quantitative estimate of drug-likeness (QED) is 0.326. The Bertz CT molecular complexity index is 420. The van der Waals surface area contributed by atoms with Crippen molar-refractivity contribution in [3.8, 4) is 0 Å². The van der Waals surface area contributed by atoms with E-state index in [0.717, 1.165) is 27.1 Å². The van der Waals surface area contributed by atoms with Crippen molar-refractivity contribution >= 4 is 59.0 Å². The lowest BCUT2D eigenvalue weighted by Crippen LogP contribution is -2.29. The van der Waals surface area contributed by atoms with E-state index >= 15 is 0 Å². The van der Waals surface area contributed by atoms with Crippen LogP contribution in [0.5, 0.6) is 0 Å². The molecule has 0 saturated heterocycles. The highest BCUT2D eigenvalue weighted by Gasteiger charge is 2.30. The van der Waals surface area contributed by atoms with E-state index < -0.39 is 11.9 Å². The molecule has 2 aliphatic rings. The number of thioether (sulfide) groups is 4. The third kappa shape index (κ3) is 2.81. The van der Waals surface area contributed by atoms with Crippen LogP contribution in [0.15, 0.2) is 18.3 Å². The molecule has 0 atom stereocenters. The zero-order chi connectivity index (χ0) is 12.4. The molecule has 92 valence electrons. The number of aliphatic carboxylic acids is 1. The number of hydrogen-bond donors (Lipinski definition) is 0. The van der Waals surface area contributed by atoms with E-state index in [2.05, 4.69) is 4.74 Å². The molecular weight excluding hydrogens is 300 g/mol. The molecule has 0 unspecified atom stereocenters. The van der Waals surface area contributed by atoms with E-state index in [1.807, 2.05) is 0 Å². The summed E-state index contributed by atoms with van der Waals surface area (Å²) >= 11 is 6.01. The zero-order valence-electron chi connectivity index (χ0n) is 8.68. The first-order valence-corrected chi connectivity index (χ1v) is 8.13. The summed E-state index contributed by atoms with van der Waals surface area (Å²) in [6, 6.07) is 0. The zero-order valence-corrected chi connectivity index (χ0v) is 11.9. The van der Waals surface area contributed by atoms with Crippen molar-refractivity contribution in [2.75, 3.05) is 18.6 Å². The summed E-state index contributed by atoms with van der Waals surface area (Å²) in [5.41, 5.74) is -0.377. The van der Waals surface area contributed by atoms with Crippen LogP contribution in [-0.2, 0) is 14.3 Å². The first kappa shape index (κ1) is 13.3. The fourth-order valence-electron chi connectivity index (χ4n) is 1.17. The Morgan fingerprint density at radius 2 is 1.71 bits per heavy atom. The summed E-state index contributed by atoms with van der Waals surface area (Å²) in [4.78, 5) is 22.4. The largest absolute Gasteiger partial charge is 0.544 e. The molecule has 0 aromatic rings. The van der Waals surface area contributed by atoms with Crippen molar-refractivity contribution in [3.63, 3.8) is 0 Å². The average molecular weight is 307 g/mol. The molecule has 2 aliphatic heterocycles. The van der Waals surface area contributed by atoms with Crippen molar-refractivity contribution in [1.29, 1.82) is 0 Å². The fourth-order valence-corrected chi connectivity index (χ4v) is 7.15. The highest BCUT2D eigenvalue weighted by atomic mass is 32.3. The molecule has 8 heteroatoms. The highest BCUT2D eigenvalue weighted by molar-refractivity contribution is 8.41. The first-order valence-electron chi connectivity index (χ1n) is 4.53. The van der Waals surface area contributed by atoms with E-state index in [-0.39, 0.29) is 5.57 Å². The molecule has 0 saturated carbocycles. The van der Waals surface area contributed by atoms with Crippen LogP contribution in [0.1, 0.15) is 0 Å². The normalized spacial score (nSPS) is 19.0. The summed E-state index contributed by atoms with van der Waals surface area (Å²) in [5, 5.41) is 11.0. The second-order valence-corrected chi connectivity index (χ2v) is 7.94. The van der Waals surface area contributed by atoms with E-state index in [4.69, 9.17) is 0 Å². The smallest absolute Gasteiger partial charge is 0.341 e. The van der Waals surface area contributed by atoms with Gasteiger partial charge in [-0.15, -0.1) is 23.5 Å². The van der Waals surface area contributed by atoms with Gasteiger partial charge in [-0.2, -0.15) is 0 Å². The van der Waals surface area contributed by atoms with E-state index in [1.165, 1.54) is 23.5 Å². The molecule has 0 bridgehead atoms. The average Bonchev–Trinajstić information content (AvgIpc) is 2.71. The lowest BCUT2D eigenvalue weighted by atomic mass is 10.3. The van der Waals surface area contributed by atoms with Crippen LogP contribution in [0.25, 0.3) is 0 Å². The van der Waals surface area contributed by atoms with Gasteiger partial charge in [-0.05, 0) is 0 Å². The number of carbonyl (C=O) groups excluding carboxylic acids is 2. The van der Waals surface area contributed by atoms with Crippen LogP contribution in [-0.4, -0.2) is 30.6 Å². The Morgan fingerprint density at radius 1 is 1.18 bits per heavy atom. The number of esters is 1. The fraction of sp³-hybridized carbons (Fsp3) is 0.333. The van der Waals surface area contributed by atoms with Crippen LogP contribution in [0.3, 0.4) is 0 Å². The van der Waals surface area contributed by atoms with Gasteiger partial charge in [0.25, 0.3) is 0 Å². The third-order valence-corrected chi connectivity index (χ3v) is 7.67. The maximum Gasteiger partial charge on any atom is 0.341 e. The Hall–Kier alpha value is -0.180. The molecule has 0 aromatic carbocycles. The molecule has 17 heavy (non-hydrogen) atoms. The van der Waals surface area contributed by atoms with Crippen LogP contribution in [0.2, 0.25) is 0 Å². The number of rotatable bonds is 2. The van der Waals surface area contributed by atoms with Gasteiger partial charge in [-0.1, -0.05) is 23.5 Å². The van der Waals surface area contributed by atoms with Gasteiger partial charge in [0.1, 0.15) is 5.57 Å². The molecule has 0 fully saturated rings. The van der Waals surface area contributed by atoms with Gasteiger partial charge in [-0.3, -0.25) is 0 Å². The van der Waals surface area contributed by atoms with Gasteiger partial charge in [0.15, 0.2) is 0 Å². The number of hydrogen-bond acceptors (Lipinski definition) is 8. The summed E-state index contributed by atoms with van der Waals surface area (Å²) in [7, 11) is 1.16. The lowest BCUT2D eigenvalue weighted by Gasteiger charge is -2.08. The molecule has 0 spiro atoms. The minimum absolute atomic E-state index is 0.377. The first-order chi connectivity index (χ1) is 8.13. The molecule has 0 radical (unpaired) electrons. The topological polar surface area (TPSA) is 66.4 Å². The van der Waals surface area contributed by atoms with Gasteiger partial charge in [0, 0.05) is 11.5 Å². The number of carboxylic acid groups (broad SMARTS) is 1. The summed E-state index contributed by atoms with van der Waals surface area (Å²) in [6.45, 7) is 0. The van der Waals surface area contributed by atoms with Gasteiger partial charge >= 0.3 is 5.97 Å². The second kappa shape index (κ2) is 5.64. The molecule has 4 nitrogen and oxygen atoms in total. The molecule has 2 rings (SSSR count). The monoisotopic (exact) mass is 307 g/mol. The Balaban J connectivity index is 2.28. The minimum Gasteiger partial charge on any atom is -0.544 e. The maximum absolute atomic E-state index is 11.4. The highest BCUT2D eigenvalue weighted by Crippen LogP contribution is 2.60. The van der Waals surface area contributed by atoms with Crippen molar-refractivity contribution in [2.24, 2.45) is 0 Å². The van der Waals surface area contributed by atoms with Crippen LogP contribution in [0, 0.1) is 0 Å². The predicted molar refractivity (Wildman–Crippen MR) is 71.2 cm³/mol. The van der Waals surface area contributed by atoms with Crippen molar-refractivity contribution in [1.82, 2.24) is 0 Å². The molecule has 0 aliphatic carbocycles. The predicted octanol–water partition coefficient (Wildman–Crippen LogP) is 1.21. The number of carboxylic acids is 1. The lowest BCUT2D eigenvalue weighted by molar-refractivity contribution is -0.299. The van der Waals surface area contributed by atoms with Gasteiger partial charge in [0.2, 0.25) is 0 Å². The Kier molecular flexibility index (Phi) is 4.40. The number of ether oxygens (including phenoxy) is 1. The van der Waals surface area contributed by atoms with Crippen LogP contribution < -0.4 is 5.11 Å². The SMILES string of the molecule is COC(=O)C(C(=O)[O-])=C1SC2=C(SCCS2)S1. The Labute approximate surface area is 115 Å². The number of carbonyl (C=O) groups is 2. The molecule has 0 N–H and O–H groups in total. The van der Waals surface area contributed by atoms with E-state index in [1.54, 1.807) is 23.5 Å². The van der Waals surface area contributed by atoms with E-state index in [9.17, 15) is 14.7 Å². The number of methoxy groups -OCH3 is 1. The summed E-state index contributed by atoms with van der Waals surface area (Å²) < 4.78 is 7.06. The van der Waals surface area contributed by atoms with Crippen LogP contribution >= 0.6 is 47.0 Å². The summed E-state index contributed by atoms with van der Waals surface area (Å²) in [5.74, 6) is -0.330.